The fraction of sp³-hybridized carbons (Fsp3) is 0.263. The van der Waals surface area contributed by atoms with Gasteiger partial charge in [0.25, 0.3) is 0 Å². The molecule has 0 aromatic heterocycles. The van der Waals surface area contributed by atoms with Crippen molar-refractivity contribution in [1.82, 2.24) is 9.62 Å². The van der Waals surface area contributed by atoms with Crippen LogP contribution < -0.4 is 15.2 Å². The van der Waals surface area contributed by atoms with Crippen LogP contribution in [0.5, 0.6) is 5.75 Å². The molecule has 2 aromatic rings. The number of ether oxygens (including phenoxy) is 1. The Hall–Kier alpha value is -3.00. The van der Waals surface area contributed by atoms with Crippen molar-refractivity contribution in [2.24, 2.45) is 5.14 Å². The Labute approximate surface area is 185 Å². The molecule has 0 unspecified atom stereocenters. The number of carbonyl (C=O) groups is 2. The van der Waals surface area contributed by atoms with Crippen molar-refractivity contribution in [1.29, 1.82) is 0 Å². The van der Waals surface area contributed by atoms with Gasteiger partial charge in [0.15, 0.2) is 0 Å². The number of amides is 1. The Bertz CT molecular complexity index is 1160. The molecule has 0 aliphatic rings. The van der Waals surface area contributed by atoms with E-state index in [-0.39, 0.29) is 16.3 Å². The number of benzene rings is 2. The van der Waals surface area contributed by atoms with Crippen LogP contribution in [0.25, 0.3) is 0 Å². The first kappa shape index (κ1) is 25.3. The van der Waals surface area contributed by atoms with E-state index in [1.807, 2.05) is 0 Å². The summed E-state index contributed by atoms with van der Waals surface area (Å²) in [6.45, 7) is -1.46. The molecule has 0 fully saturated rings. The molecule has 0 aliphatic carbocycles. The van der Waals surface area contributed by atoms with Crippen LogP contribution in [0.2, 0.25) is 0 Å². The zero-order chi connectivity index (χ0) is 23.9. The highest BCUT2D eigenvalue weighted by Gasteiger charge is 2.28. The van der Waals surface area contributed by atoms with E-state index in [1.54, 1.807) is 0 Å². The quantitative estimate of drug-likeness (QED) is 0.391. The van der Waals surface area contributed by atoms with Crippen LogP contribution in [0.1, 0.15) is 5.56 Å². The average Bonchev–Trinajstić information content (AvgIpc) is 2.72. The van der Waals surface area contributed by atoms with Gasteiger partial charge in [0.05, 0.1) is 23.4 Å². The molecule has 32 heavy (non-hydrogen) atoms. The number of nitrogens with zero attached hydrogens (tertiary/aromatic N) is 1. The molecule has 0 bridgehead atoms. The zero-order valence-corrected chi connectivity index (χ0v) is 18.7. The number of carbonyl (C=O) groups excluding carboxylic acids is 1. The summed E-state index contributed by atoms with van der Waals surface area (Å²) >= 11 is 0. The van der Waals surface area contributed by atoms with Gasteiger partial charge in [-0.2, -0.15) is 4.31 Å². The van der Waals surface area contributed by atoms with Gasteiger partial charge in [-0.25, -0.2) is 22.0 Å². The van der Waals surface area contributed by atoms with Crippen LogP contribution in [0, 0.1) is 0 Å². The summed E-state index contributed by atoms with van der Waals surface area (Å²) in [7, 11) is -6.63. The third kappa shape index (κ3) is 7.02. The predicted molar refractivity (Wildman–Crippen MR) is 114 cm³/mol. The summed E-state index contributed by atoms with van der Waals surface area (Å²) in [5, 5.41) is 16.6. The third-order valence-electron chi connectivity index (χ3n) is 4.32. The molecule has 0 radical (unpaired) electrons. The van der Waals surface area contributed by atoms with Gasteiger partial charge < -0.3 is 15.2 Å². The summed E-state index contributed by atoms with van der Waals surface area (Å²) in [5.41, 5.74) is 0.714. The minimum absolute atomic E-state index is 0.0432. The Morgan fingerprint density at radius 3 is 2.03 bits per heavy atom. The van der Waals surface area contributed by atoms with Crippen LogP contribution in [0.15, 0.2) is 58.3 Å². The van der Waals surface area contributed by atoms with E-state index >= 15 is 0 Å². The van der Waals surface area contributed by atoms with Gasteiger partial charge in [0, 0.05) is 6.54 Å². The SMILES string of the molecule is COc1ccc(S(=O)(=O)N(CC(=O)O)CC(=O)NCCc2ccc(S(N)(=O)=O)cc2)cc1. The van der Waals surface area contributed by atoms with Gasteiger partial charge in [0.2, 0.25) is 26.0 Å². The number of nitrogens with one attached hydrogen (secondary N) is 1. The lowest BCUT2D eigenvalue weighted by Crippen LogP contribution is -2.43. The molecule has 0 saturated carbocycles. The number of rotatable bonds is 11. The van der Waals surface area contributed by atoms with Crippen LogP contribution >= 0.6 is 0 Å². The number of methoxy groups -OCH3 is 1. The number of hydrogen-bond donors (Lipinski definition) is 3. The Kier molecular flexibility index (Phi) is 8.32. The van der Waals surface area contributed by atoms with Gasteiger partial charge in [-0.1, -0.05) is 12.1 Å². The van der Waals surface area contributed by atoms with Crippen molar-refractivity contribution in [2.45, 2.75) is 16.2 Å². The molecule has 13 heteroatoms. The molecule has 2 aromatic carbocycles. The van der Waals surface area contributed by atoms with Crippen molar-refractivity contribution < 1.29 is 36.3 Å². The molecule has 0 heterocycles. The molecular formula is C19H23N3O8S2. The van der Waals surface area contributed by atoms with Gasteiger partial charge >= 0.3 is 5.97 Å². The lowest BCUT2D eigenvalue weighted by atomic mass is 10.1. The van der Waals surface area contributed by atoms with Crippen molar-refractivity contribution in [3.8, 4) is 5.75 Å². The van der Waals surface area contributed by atoms with Crippen molar-refractivity contribution in [3.05, 3.63) is 54.1 Å². The fourth-order valence-electron chi connectivity index (χ4n) is 2.68. The van der Waals surface area contributed by atoms with E-state index in [0.717, 1.165) is 0 Å². The number of carboxylic acids is 1. The number of carboxylic acid groups (broad SMARTS) is 1. The molecule has 0 spiro atoms. The standard InChI is InChI=1S/C19H23N3O8S2/c1-30-15-4-8-17(9-5-15)32(28,29)22(13-19(24)25)12-18(23)21-11-10-14-2-6-16(7-3-14)31(20,26)27/h2-9H,10-13H2,1H3,(H,21,23)(H,24,25)(H2,20,26,27). The predicted octanol–water partition coefficient (Wildman–Crippen LogP) is -0.223. The van der Waals surface area contributed by atoms with E-state index < -0.39 is 45.0 Å². The Balaban J connectivity index is 2.02. The maximum Gasteiger partial charge on any atom is 0.318 e. The number of hydrogen-bond acceptors (Lipinski definition) is 7. The zero-order valence-electron chi connectivity index (χ0n) is 17.1. The van der Waals surface area contributed by atoms with Crippen molar-refractivity contribution in [2.75, 3.05) is 26.7 Å². The van der Waals surface area contributed by atoms with Gasteiger partial charge in [-0.05, 0) is 48.4 Å². The molecule has 2 rings (SSSR count). The summed E-state index contributed by atoms with van der Waals surface area (Å²) in [6.07, 6.45) is 0.334. The normalized spacial score (nSPS) is 11.8. The largest absolute Gasteiger partial charge is 0.497 e. The first-order valence-electron chi connectivity index (χ1n) is 9.18. The molecule has 1 amide bonds. The summed E-state index contributed by atoms with van der Waals surface area (Å²) < 4.78 is 53.6. The van der Waals surface area contributed by atoms with Crippen molar-refractivity contribution >= 4 is 31.9 Å². The monoisotopic (exact) mass is 485 g/mol. The maximum atomic E-state index is 12.8. The lowest BCUT2D eigenvalue weighted by Gasteiger charge is -2.20. The lowest BCUT2D eigenvalue weighted by molar-refractivity contribution is -0.137. The molecule has 0 atom stereocenters. The summed E-state index contributed by atoms with van der Waals surface area (Å²) in [5.74, 6) is -1.68. The summed E-state index contributed by atoms with van der Waals surface area (Å²) in [6, 6.07) is 11.1. The molecule has 0 saturated heterocycles. The Morgan fingerprint density at radius 2 is 1.53 bits per heavy atom. The average molecular weight is 486 g/mol. The minimum Gasteiger partial charge on any atom is -0.497 e. The second-order valence-corrected chi connectivity index (χ2v) is 10.1. The van der Waals surface area contributed by atoms with Crippen LogP contribution in [-0.2, 0) is 36.1 Å². The number of nitrogens with two attached hydrogens (primary N) is 1. The smallest absolute Gasteiger partial charge is 0.318 e. The molecule has 11 nitrogen and oxygen atoms in total. The highest BCUT2D eigenvalue weighted by molar-refractivity contribution is 7.89. The van der Waals surface area contributed by atoms with E-state index in [2.05, 4.69) is 5.32 Å². The van der Waals surface area contributed by atoms with Crippen LogP contribution in [-0.4, -0.2) is 64.9 Å². The highest BCUT2D eigenvalue weighted by Crippen LogP contribution is 2.19. The van der Waals surface area contributed by atoms with Crippen LogP contribution in [0.4, 0.5) is 0 Å². The highest BCUT2D eigenvalue weighted by atomic mass is 32.2. The van der Waals surface area contributed by atoms with Crippen LogP contribution in [0.3, 0.4) is 0 Å². The van der Waals surface area contributed by atoms with E-state index in [0.29, 0.717) is 22.0 Å². The fourth-order valence-corrected chi connectivity index (χ4v) is 4.54. The second kappa shape index (κ2) is 10.5. The molecule has 0 aliphatic heterocycles. The van der Waals surface area contributed by atoms with Gasteiger partial charge in [0.1, 0.15) is 12.3 Å². The topological polar surface area (TPSA) is 173 Å². The minimum atomic E-state index is -4.24. The van der Waals surface area contributed by atoms with Crippen molar-refractivity contribution in [3.63, 3.8) is 0 Å². The Morgan fingerprint density at radius 1 is 0.969 bits per heavy atom. The van der Waals surface area contributed by atoms with Gasteiger partial charge in [-0.3, -0.25) is 9.59 Å². The molecule has 4 N–H and O–H groups in total. The summed E-state index contributed by atoms with van der Waals surface area (Å²) in [4.78, 5) is 23.2. The van der Waals surface area contributed by atoms with E-state index in [1.165, 1.54) is 55.6 Å². The van der Waals surface area contributed by atoms with E-state index in [4.69, 9.17) is 15.0 Å². The second-order valence-electron chi connectivity index (χ2n) is 6.63. The first-order chi connectivity index (χ1) is 14.9. The third-order valence-corrected chi connectivity index (χ3v) is 7.05. The first-order valence-corrected chi connectivity index (χ1v) is 12.2. The van der Waals surface area contributed by atoms with Gasteiger partial charge in [-0.15, -0.1) is 0 Å². The molecular weight excluding hydrogens is 462 g/mol. The number of primary sulfonamides is 1. The molecule has 174 valence electrons. The number of aliphatic carboxylic acids is 1. The maximum absolute atomic E-state index is 12.8. The van der Waals surface area contributed by atoms with E-state index in [9.17, 15) is 26.4 Å². The number of sulfonamides is 2.